The van der Waals surface area contributed by atoms with Gasteiger partial charge in [-0.2, -0.15) is 5.10 Å². The zero-order valence-corrected chi connectivity index (χ0v) is 23.7. The predicted molar refractivity (Wildman–Crippen MR) is 154 cm³/mol. The first-order chi connectivity index (χ1) is 18.4. The maximum absolute atomic E-state index is 13.7. The number of aryl methyl sites for hydroxylation is 1. The van der Waals surface area contributed by atoms with E-state index in [9.17, 15) is 4.79 Å². The molecule has 0 N–H and O–H groups in total. The number of para-hydroxylation sites is 1. The SMILES string of the molecule is CCN1CCN(c2c(CN(CCC(C)C)C(=O)Cc3ccc(OC)cc3)c(C)nn2-c2ccccc2)CC1. The van der Waals surface area contributed by atoms with Crippen LogP contribution in [0.5, 0.6) is 5.75 Å². The van der Waals surface area contributed by atoms with E-state index < -0.39 is 0 Å². The van der Waals surface area contributed by atoms with Crippen molar-refractivity contribution in [1.82, 2.24) is 19.6 Å². The molecule has 1 amide bonds. The number of methoxy groups -OCH3 is 1. The number of aromatic nitrogens is 2. The lowest BCUT2D eigenvalue weighted by atomic mass is 10.1. The maximum Gasteiger partial charge on any atom is 0.227 e. The van der Waals surface area contributed by atoms with Gasteiger partial charge in [-0.1, -0.05) is 51.1 Å². The van der Waals surface area contributed by atoms with Crippen LogP contribution in [0, 0.1) is 12.8 Å². The minimum Gasteiger partial charge on any atom is -0.497 e. The fraction of sp³-hybridized carbons (Fsp3) is 0.484. The number of amides is 1. The third-order valence-corrected chi connectivity index (χ3v) is 7.47. The summed E-state index contributed by atoms with van der Waals surface area (Å²) in [5.74, 6) is 2.58. The van der Waals surface area contributed by atoms with Gasteiger partial charge in [-0.15, -0.1) is 0 Å². The van der Waals surface area contributed by atoms with Crippen LogP contribution in [0.25, 0.3) is 5.69 Å². The number of benzene rings is 2. The van der Waals surface area contributed by atoms with Crippen molar-refractivity contribution in [3.05, 3.63) is 71.4 Å². The summed E-state index contributed by atoms with van der Waals surface area (Å²) in [6, 6.07) is 18.2. The molecule has 1 fully saturated rings. The Bertz CT molecular complexity index is 1160. The molecule has 1 saturated heterocycles. The van der Waals surface area contributed by atoms with E-state index in [1.165, 1.54) is 0 Å². The number of nitrogens with zero attached hydrogens (tertiary/aromatic N) is 5. The van der Waals surface area contributed by atoms with E-state index >= 15 is 0 Å². The molecule has 0 spiro atoms. The lowest BCUT2D eigenvalue weighted by molar-refractivity contribution is -0.131. The Kier molecular flexibility index (Phi) is 9.45. The van der Waals surface area contributed by atoms with Gasteiger partial charge in [-0.25, -0.2) is 4.68 Å². The van der Waals surface area contributed by atoms with Gasteiger partial charge in [0.25, 0.3) is 0 Å². The van der Waals surface area contributed by atoms with E-state index in [-0.39, 0.29) is 5.91 Å². The van der Waals surface area contributed by atoms with Crippen molar-refractivity contribution < 1.29 is 9.53 Å². The molecule has 1 aliphatic heterocycles. The van der Waals surface area contributed by atoms with Crippen molar-refractivity contribution >= 4 is 11.7 Å². The fourth-order valence-electron chi connectivity index (χ4n) is 5.01. The normalized spacial score (nSPS) is 14.2. The highest BCUT2D eigenvalue weighted by Crippen LogP contribution is 2.30. The standard InChI is InChI=1S/C31H43N5O2/c1-6-33-18-20-34(21-19-33)31-29(25(4)32-36(31)27-10-8-7-9-11-27)23-35(17-16-24(2)3)30(37)22-26-12-14-28(38-5)15-13-26/h7-15,24H,6,16-23H2,1-5H3. The van der Waals surface area contributed by atoms with Crippen molar-refractivity contribution in [1.29, 1.82) is 0 Å². The average molecular weight is 518 g/mol. The second-order valence-corrected chi connectivity index (χ2v) is 10.6. The summed E-state index contributed by atoms with van der Waals surface area (Å²) in [6.07, 6.45) is 1.34. The molecule has 0 saturated carbocycles. The maximum atomic E-state index is 13.7. The van der Waals surface area contributed by atoms with Crippen molar-refractivity contribution in [3.8, 4) is 11.4 Å². The number of likely N-dealkylation sites (N-methyl/N-ethyl adjacent to an activating group) is 1. The van der Waals surface area contributed by atoms with E-state index in [1.807, 2.05) is 35.2 Å². The molecular formula is C31H43N5O2. The number of hydrogen-bond donors (Lipinski definition) is 0. The van der Waals surface area contributed by atoms with Crippen molar-refractivity contribution in [2.75, 3.05) is 51.3 Å². The number of carbonyl (C=O) groups excluding carboxylic acids is 1. The minimum atomic E-state index is 0.143. The number of piperazine rings is 1. The van der Waals surface area contributed by atoms with Crippen LogP contribution >= 0.6 is 0 Å². The van der Waals surface area contributed by atoms with E-state index in [4.69, 9.17) is 9.84 Å². The van der Waals surface area contributed by atoms with Crippen LogP contribution in [0.4, 0.5) is 5.82 Å². The Labute approximate surface area is 228 Å². The summed E-state index contributed by atoms with van der Waals surface area (Å²) in [4.78, 5) is 20.7. The lowest BCUT2D eigenvalue weighted by Gasteiger charge is -2.36. The van der Waals surface area contributed by atoms with E-state index in [2.05, 4.69) is 66.4 Å². The van der Waals surface area contributed by atoms with Gasteiger partial charge in [0.05, 0.1) is 31.5 Å². The van der Waals surface area contributed by atoms with Gasteiger partial charge in [0.1, 0.15) is 11.6 Å². The van der Waals surface area contributed by atoms with Crippen molar-refractivity contribution in [3.63, 3.8) is 0 Å². The minimum absolute atomic E-state index is 0.143. The molecule has 0 bridgehead atoms. The Morgan fingerprint density at radius 2 is 1.71 bits per heavy atom. The molecule has 0 aliphatic carbocycles. The van der Waals surface area contributed by atoms with Gasteiger partial charge in [0.2, 0.25) is 5.91 Å². The zero-order valence-electron chi connectivity index (χ0n) is 23.7. The third-order valence-electron chi connectivity index (χ3n) is 7.47. The molecule has 7 nitrogen and oxygen atoms in total. The summed E-state index contributed by atoms with van der Waals surface area (Å²) in [5, 5.41) is 5.02. The van der Waals surface area contributed by atoms with Crippen LogP contribution in [0.15, 0.2) is 54.6 Å². The van der Waals surface area contributed by atoms with E-state index in [0.29, 0.717) is 18.9 Å². The van der Waals surface area contributed by atoms with Gasteiger partial charge in [0, 0.05) is 38.3 Å². The van der Waals surface area contributed by atoms with Crippen LogP contribution < -0.4 is 9.64 Å². The lowest BCUT2D eigenvalue weighted by Crippen LogP contribution is -2.47. The molecule has 1 aromatic heterocycles. The van der Waals surface area contributed by atoms with Crippen LogP contribution in [0.2, 0.25) is 0 Å². The molecule has 38 heavy (non-hydrogen) atoms. The van der Waals surface area contributed by atoms with Gasteiger partial charge in [-0.05, 0) is 55.6 Å². The fourth-order valence-corrected chi connectivity index (χ4v) is 5.01. The number of ether oxygens (including phenoxy) is 1. The molecule has 7 heteroatoms. The average Bonchev–Trinajstić information content (AvgIpc) is 3.27. The van der Waals surface area contributed by atoms with E-state index in [1.54, 1.807) is 7.11 Å². The van der Waals surface area contributed by atoms with Crippen LogP contribution in [-0.2, 0) is 17.8 Å². The van der Waals surface area contributed by atoms with Crippen LogP contribution in [0.1, 0.15) is 44.0 Å². The first-order valence-electron chi connectivity index (χ1n) is 13.9. The summed E-state index contributed by atoms with van der Waals surface area (Å²) < 4.78 is 7.37. The van der Waals surface area contributed by atoms with E-state index in [0.717, 1.165) is 79.8 Å². The zero-order chi connectivity index (χ0) is 27.1. The molecular weight excluding hydrogens is 474 g/mol. The molecule has 0 unspecified atom stereocenters. The molecule has 0 atom stereocenters. The number of hydrogen-bond acceptors (Lipinski definition) is 5. The monoisotopic (exact) mass is 517 g/mol. The predicted octanol–water partition coefficient (Wildman–Crippen LogP) is 4.95. The third kappa shape index (κ3) is 6.76. The highest BCUT2D eigenvalue weighted by molar-refractivity contribution is 5.79. The second-order valence-electron chi connectivity index (χ2n) is 10.6. The molecule has 204 valence electrons. The second kappa shape index (κ2) is 13.0. The first-order valence-corrected chi connectivity index (χ1v) is 13.9. The quantitative estimate of drug-likeness (QED) is 0.360. The molecule has 2 aromatic carbocycles. The van der Waals surface area contributed by atoms with Gasteiger partial charge >= 0.3 is 0 Å². The Morgan fingerprint density at radius 3 is 2.32 bits per heavy atom. The molecule has 2 heterocycles. The molecule has 1 aliphatic rings. The summed E-state index contributed by atoms with van der Waals surface area (Å²) in [5.41, 5.74) is 4.17. The topological polar surface area (TPSA) is 53.8 Å². The number of carbonyl (C=O) groups is 1. The van der Waals surface area contributed by atoms with Crippen molar-refractivity contribution in [2.24, 2.45) is 5.92 Å². The summed E-state index contributed by atoms with van der Waals surface area (Å²) in [7, 11) is 1.66. The smallest absolute Gasteiger partial charge is 0.227 e. The summed E-state index contributed by atoms with van der Waals surface area (Å²) >= 11 is 0. The van der Waals surface area contributed by atoms with Gasteiger partial charge < -0.3 is 19.4 Å². The highest BCUT2D eigenvalue weighted by Gasteiger charge is 2.27. The largest absolute Gasteiger partial charge is 0.497 e. The number of anilines is 1. The summed E-state index contributed by atoms with van der Waals surface area (Å²) in [6.45, 7) is 15.0. The first kappa shape index (κ1) is 27.7. The highest BCUT2D eigenvalue weighted by atomic mass is 16.5. The van der Waals surface area contributed by atoms with Crippen LogP contribution in [-0.4, -0.2) is 71.9 Å². The van der Waals surface area contributed by atoms with Crippen molar-refractivity contribution in [2.45, 2.75) is 47.1 Å². The van der Waals surface area contributed by atoms with Gasteiger partial charge in [0.15, 0.2) is 0 Å². The molecule has 0 radical (unpaired) electrons. The number of rotatable bonds is 11. The Hall–Kier alpha value is -3.32. The molecule has 4 rings (SSSR count). The Balaban J connectivity index is 1.66. The van der Waals surface area contributed by atoms with Crippen LogP contribution in [0.3, 0.4) is 0 Å². The molecule has 3 aromatic rings. The van der Waals surface area contributed by atoms with Gasteiger partial charge in [-0.3, -0.25) is 4.79 Å². The Morgan fingerprint density at radius 1 is 1.03 bits per heavy atom.